The molecular weight excluding hydrogens is 274 g/mol. The lowest BCUT2D eigenvalue weighted by Crippen LogP contribution is -2.40. The van der Waals surface area contributed by atoms with Gasteiger partial charge in [0.05, 0.1) is 0 Å². The lowest BCUT2D eigenvalue weighted by Gasteiger charge is -2.15. The van der Waals surface area contributed by atoms with E-state index in [0.29, 0.717) is 6.07 Å². The van der Waals surface area contributed by atoms with Crippen molar-refractivity contribution < 1.29 is 37.4 Å². The number of rotatable bonds is 4. The number of benzene rings is 1. The van der Waals surface area contributed by atoms with E-state index in [1.54, 1.807) is 0 Å². The highest BCUT2D eigenvalue weighted by atomic mass is 19.3. The summed E-state index contributed by atoms with van der Waals surface area (Å²) in [5, 5.41) is 19.2. The van der Waals surface area contributed by atoms with E-state index in [0.717, 1.165) is 12.1 Å². The summed E-state index contributed by atoms with van der Waals surface area (Å²) in [5.41, 5.74) is -0.966. The van der Waals surface area contributed by atoms with Gasteiger partial charge >= 0.3 is 24.2 Å². The van der Waals surface area contributed by atoms with Crippen LogP contribution < -0.4 is 5.32 Å². The molecule has 1 aromatic carbocycles. The molecule has 0 saturated heterocycles. The maximum Gasteiger partial charge on any atom is 0.383 e. The number of amides is 1. The maximum absolute atomic E-state index is 12.6. The number of hydrogen-bond donors (Lipinski definition) is 3. The van der Waals surface area contributed by atoms with E-state index < -0.39 is 41.2 Å². The summed E-state index contributed by atoms with van der Waals surface area (Å²) < 4.78 is 49.0. The van der Waals surface area contributed by atoms with E-state index in [2.05, 4.69) is 0 Å². The first-order chi connectivity index (χ1) is 8.66. The number of carboxylic acids is 1. The highest BCUT2D eigenvalue weighted by molar-refractivity contribution is 5.97. The van der Waals surface area contributed by atoms with Gasteiger partial charge in [-0.25, -0.2) is 13.6 Å². The van der Waals surface area contributed by atoms with Crippen LogP contribution >= 0.6 is 0 Å². The molecule has 0 saturated carbocycles. The Hall–Kier alpha value is -2.32. The second kappa shape index (κ2) is 5.12. The number of nitrogens with one attached hydrogen (secondary N) is 1. The van der Waals surface area contributed by atoms with Gasteiger partial charge in [0.2, 0.25) is 0 Å². The van der Waals surface area contributed by atoms with E-state index in [4.69, 9.17) is 5.11 Å². The third-order valence-electron chi connectivity index (χ3n) is 2.06. The molecule has 0 unspecified atom stereocenters. The number of hydrogen-bond acceptors (Lipinski definition) is 3. The Morgan fingerprint density at radius 3 is 2.26 bits per heavy atom. The number of aromatic hydroxyl groups is 1. The van der Waals surface area contributed by atoms with E-state index in [9.17, 15) is 32.3 Å². The van der Waals surface area contributed by atoms with E-state index >= 15 is 0 Å². The molecule has 9 heteroatoms. The zero-order valence-electron chi connectivity index (χ0n) is 9.03. The largest absolute Gasteiger partial charge is 0.507 e. The Bertz CT molecular complexity index is 518. The number of anilines is 1. The normalized spacial score (nSPS) is 11.4. The molecule has 0 atom stereocenters. The molecule has 19 heavy (non-hydrogen) atoms. The van der Waals surface area contributed by atoms with Crippen molar-refractivity contribution in [1.82, 2.24) is 0 Å². The number of phenols is 1. The van der Waals surface area contributed by atoms with Crippen LogP contribution in [-0.4, -0.2) is 34.4 Å². The molecule has 0 radical (unpaired) electrons. The molecule has 104 valence electrons. The second-order valence-corrected chi connectivity index (χ2v) is 3.41. The molecule has 0 bridgehead atoms. The van der Waals surface area contributed by atoms with Crippen LogP contribution in [0.2, 0.25) is 0 Å². The monoisotopic (exact) mass is 281 g/mol. The fraction of sp³-hybridized carbons (Fsp3) is 0.200. The highest BCUT2D eigenvalue weighted by Crippen LogP contribution is 2.27. The summed E-state index contributed by atoms with van der Waals surface area (Å²) in [6.07, 6.45) is -4.18. The molecule has 0 aromatic heterocycles. The SMILES string of the molecule is O=C(O)c1ccc(NC(=O)C(F)(F)C(F)F)cc1O. The van der Waals surface area contributed by atoms with Crippen molar-refractivity contribution in [2.45, 2.75) is 12.3 Å². The van der Waals surface area contributed by atoms with Gasteiger partial charge in [0.25, 0.3) is 0 Å². The lowest BCUT2D eigenvalue weighted by molar-refractivity contribution is -0.163. The second-order valence-electron chi connectivity index (χ2n) is 3.41. The Kier molecular flexibility index (Phi) is 3.98. The minimum absolute atomic E-state index is 0.437. The number of carboxylic acid groups (broad SMARTS) is 1. The van der Waals surface area contributed by atoms with E-state index in [-0.39, 0.29) is 0 Å². The quantitative estimate of drug-likeness (QED) is 0.736. The molecule has 1 rings (SSSR count). The number of halogens is 4. The van der Waals surface area contributed by atoms with Gasteiger partial charge in [-0.05, 0) is 12.1 Å². The van der Waals surface area contributed by atoms with Crippen LogP contribution in [0.3, 0.4) is 0 Å². The van der Waals surface area contributed by atoms with E-state index in [1.165, 1.54) is 5.32 Å². The molecule has 0 spiro atoms. The van der Waals surface area contributed by atoms with Gasteiger partial charge in [-0.15, -0.1) is 0 Å². The minimum atomic E-state index is -4.89. The topological polar surface area (TPSA) is 86.6 Å². The van der Waals surface area contributed by atoms with Crippen LogP contribution in [0.15, 0.2) is 18.2 Å². The van der Waals surface area contributed by atoms with Crippen LogP contribution in [0.25, 0.3) is 0 Å². The molecule has 0 aliphatic rings. The molecular formula is C10H7F4NO4. The van der Waals surface area contributed by atoms with Crippen molar-refractivity contribution in [2.24, 2.45) is 0 Å². The third-order valence-corrected chi connectivity index (χ3v) is 2.06. The van der Waals surface area contributed by atoms with Crippen LogP contribution in [0.1, 0.15) is 10.4 Å². The smallest absolute Gasteiger partial charge is 0.383 e. The van der Waals surface area contributed by atoms with Crippen molar-refractivity contribution in [3.8, 4) is 5.75 Å². The standard InChI is InChI=1S/C10H7F4NO4/c11-8(12)10(13,14)9(19)15-4-1-2-5(7(17)18)6(16)3-4/h1-3,8,16H,(H,15,19)(H,17,18). The van der Waals surface area contributed by atoms with Crippen molar-refractivity contribution >= 4 is 17.6 Å². The average Bonchev–Trinajstić information content (AvgIpc) is 2.28. The van der Waals surface area contributed by atoms with Gasteiger partial charge in [0.1, 0.15) is 11.3 Å². The van der Waals surface area contributed by atoms with Crippen LogP contribution in [0.5, 0.6) is 5.75 Å². The summed E-state index contributed by atoms with van der Waals surface area (Å²) in [7, 11) is 0. The highest BCUT2D eigenvalue weighted by Gasteiger charge is 2.48. The van der Waals surface area contributed by atoms with Gasteiger partial charge in [-0.3, -0.25) is 4.79 Å². The molecule has 3 N–H and O–H groups in total. The molecule has 1 aromatic rings. The summed E-state index contributed by atoms with van der Waals surface area (Å²) in [4.78, 5) is 21.4. The van der Waals surface area contributed by atoms with E-state index in [1.807, 2.05) is 0 Å². The van der Waals surface area contributed by atoms with Crippen molar-refractivity contribution in [3.05, 3.63) is 23.8 Å². The summed E-state index contributed by atoms with van der Waals surface area (Å²) in [5.74, 6) is -9.43. The molecule has 0 aliphatic carbocycles. The zero-order valence-corrected chi connectivity index (χ0v) is 9.03. The predicted molar refractivity (Wildman–Crippen MR) is 54.6 cm³/mol. The Labute approximate surface area is 103 Å². The van der Waals surface area contributed by atoms with Crippen LogP contribution in [-0.2, 0) is 4.79 Å². The van der Waals surface area contributed by atoms with Gasteiger partial charge < -0.3 is 15.5 Å². The molecule has 0 aliphatic heterocycles. The molecule has 0 heterocycles. The Morgan fingerprint density at radius 2 is 1.84 bits per heavy atom. The van der Waals surface area contributed by atoms with Gasteiger partial charge in [0, 0.05) is 11.8 Å². The predicted octanol–water partition coefficient (Wildman–Crippen LogP) is 1.93. The number of carbonyl (C=O) groups is 2. The Balaban J connectivity index is 2.93. The van der Waals surface area contributed by atoms with Gasteiger partial charge in [0.15, 0.2) is 0 Å². The lowest BCUT2D eigenvalue weighted by atomic mass is 10.2. The first kappa shape index (κ1) is 14.7. The fourth-order valence-corrected chi connectivity index (χ4v) is 1.10. The van der Waals surface area contributed by atoms with Crippen LogP contribution in [0, 0.1) is 0 Å². The summed E-state index contributed by atoms with van der Waals surface area (Å²) in [6.45, 7) is 0. The first-order valence-electron chi connectivity index (χ1n) is 4.70. The summed E-state index contributed by atoms with van der Waals surface area (Å²) in [6, 6.07) is 2.36. The first-order valence-corrected chi connectivity index (χ1v) is 4.70. The molecule has 1 amide bonds. The maximum atomic E-state index is 12.6. The zero-order chi connectivity index (χ0) is 14.8. The van der Waals surface area contributed by atoms with Crippen molar-refractivity contribution in [3.63, 3.8) is 0 Å². The Morgan fingerprint density at radius 1 is 1.26 bits per heavy atom. The van der Waals surface area contributed by atoms with Gasteiger partial charge in [-0.1, -0.05) is 0 Å². The number of alkyl halides is 4. The fourth-order valence-electron chi connectivity index (χ4n) is 1.10. The van der Waals surface area contributed by atoms with Crippen molar-refractivity contribution in [2.75, 3.05) is 5.32 Å². The molecule has 5 nitrogen and oxygen atoms in total. The number of aromatic carboxylic acids is 1. The average molecular weight is 281 g/mol. The van der Waals surface area contributed by atoms with Gasteiger partial charge in [-0.2, -0.15) is 8.78 Å². The number of carbonyl (C=O) groups excluding carboxylic acids is 1. The molecule has 0 fully saturated rings. The van der Waals surface area contributed by atoms with Crippen LogP contribution in [0.4, 0.5) is 23.2 Å². The minimum Gasteiger partial charge on any atom is -0.507 e. The van der Waals surface area contributed by atoms with Crippen molar-refractivity contribution in [1.29, 1.82) is 0 Å². The third kappa shape index (κ3) is 3.12. The summed E-state index contributed by atoms with van der Waals surface area (Å²) >= 11 is 0.